The molecule has 24 heavy (non-hydrogen) atoms. The molecule has 0 amide bonds. The molecule has 0 bridgehead atoms. The Morgan fingerprint density at radius 1 is 1.29 bits per heavy atom. The number of hydrogen-bond acceptors (Lipinski definition) is 3. The third-order valence-corrected chi connectivity index (χ3v) is 3.40. The van der Waals surface area contributed by atoms with E-state index in [-0.39, 0.29) is 0 Å². The number of rotatable bonds is 9. The second kappa shape index (κ2) is 10.2. The average molecular weight is 327 g/mol. The van der Waals surface area contributed by atoms with Crippen molar-refractivity contribution in [1.29, 1.82) is 0 Å². The molecular weight excluding hydrogens is 302 g/mol. The van der Waals surface area contributed by atoms with Gasteiger partial charge in [-0.15, -0.1) is 6.58 Å². The number of para-hydroxylation sites is 1. The second-order valence-corrected chi connectivity index (χ2v) is 5.29. The maximum absolute atomic E-state index is 5.74. The Labute approximate surface area is 143 Å². The van der Waals surface area contributed by atoms with Crippen LogP contribution in [0.3, 0.4) is 0 Å². The van der Waals surface area contributed by atoms with Crippen molar-refractivity contribution in [2.24, 2.45) is 4.99 Å². The van der Waals surface area contributed by atoms with Crippen LogP contribution < -0.4 is 10.1 Å². The van der Waals surface area contributed by atoms with Crippen molar-refractivity contribution in [3.05, 3.63) is 67.1 Å². The lowest BCUT2D eigenvalue weighted by Gasteiger charge is -2.22. The van der Waals surface area contributed by atoms with E-state index < -0.39 is 0 Å². The molecule has 0 fully saturated rings. The highest BCUT2D eigenvalue weighted by Gasteiger charge is 2.06. The number of likely N-dealkylation sites (N-methyl/N-ethyl adjacent to an activating group) is 1. The summed E-state index contributed by atoms with van der Waals surface area (Å²) < 4.78 is 11.1. The first-order chi connectivity index (χ1) is 11.8. The fourth-order valence-electron chi connectivity index (χ4n) is 2.12. The van der Waals surface area contributed by atoms with Gasteiger partial charge in [-0.25, -0.2) is 0 Å². The lowest BCUT2D eigenvalue weighted by Crippen LogP contribution is -2.41. The van der Waals surface area contributed by atoms with Gasteiger partial charge in [0.15, 0.2) is 5.96 Å². The van der Waals surface area contributed by atoms with E-state index in [1.54, 1.807) is 6.26 Å². The minimum absolute atomic E-state index is 0.591. The summed E-state index contributed by atoms with van der Waals surface area (Å²) in [4.78, 5) is 6.68. The van der Waals surface area contributed by atoms with Gasteiger partial charge in [0, 0.05) is 26.6 Å². The molecule has 1 aromatic heterocycles. The number of ether oxygens (including phenoxy) is 1. The second-order valence-electron chi connectivity index (χ2n) is 5.29. The van der Waals surface area contributed by atoms with Crippen molar-refractivity contribution in [3.8, 4) is 5.75 Å². The molecular formula is C19H25N3O2. The van der Waals surface area contributed by atoms with Crippen molar-refractivity contribution in [2.75, 3.05) is 33.3 Å². The largest absolute Gasteiger partial charge is 0.492 e. The standard InChI is InChI=1S/C19H25N3O2/c1-3-12-20-19(21-13-11-18-10-7-15-23-18)22(2)14-16-24-17-8-5-4-6-9-17/h3-10,15H,1,11-14,16H2,2H3,(H,20,21). The number of hydrogen-bond donors (Lipinski definition) is 1. The Balaban J connectivity index is 1.81. The minimum Gasteiger partial charge on any atom is -0.492 e. The molecule has 0 radical (unpaired) electrons. The summed E-state index contributed by atoms with van der Waals surface area (Å²) in [7, 11) is 2.00. The summed E-state index contributed by atoms with van der Waals surface area (Å²) >= 11 is 0. The minimum atomic E-state index is 0.591. The zero-order valence-corrected chi connectivity index (χ0v) is 14.1. The van der Waals surface area contributed by atoms with Crippen molar-refractivity contribution in [3.63, 3.8) is 0 Å². The predicted octanol–water partition coefficient (Wildman–Crippen LogP) is 2.96. The molecule has 0 saturated heterocycles. The average Bonchev–Trinajstić information content (AvgIpc) is 3.12. The predicted molar refractivity (Wildman–Crippen MR) is 97.5 cm³/mol. The molecule has 1 aromatic carbocycles. The summed E-state index contributed by atoms with van der Waals surface area (Å²) in [5.41, 5.74) is 0. The van der Waals surface area contributed by atoms with Gasteiger partial charge in [-0.2, -0.15) is 0 Å². The van der Waals surface area contributed by atoms with Crippen LogP contribution in [0.5, 0.6) is 5.75 Å². The van der Waals surface area contributed by atoms with E-state index in [1.807, 2.05) is 55.6 Å². The summed E-state index contributed by atoms with van der Waals surface area (Å²) in [6.45, 7) is 6.40. The highest BCUT2D eigenvalue weighted by molar-refractivity contribution is 5.79. The molecule has 1 N–H and O–H groups in total. The first-order valence-electron chi connectivity index (χ1n) is 8.10. The highest BCUT2D eigenvalue weighted by Crippen LogP contribution is 2.07. The Hall–Kier alpha value is -2.69. The van der Waals surface area contributed by atoms with Crippen molar-refractivity contribution < 1.29 is 9.15 Å². The van der Waals surface area contributed by atoms with Crippen molar-refractivity contribution >= 4 is 5.96 Å². The summed E-state index contributed by atoms with van der Waals surface area (Å²) in [5.74, 6) is 2.65. The maximum Gasteiger partial charge on any atom is 0.194 e. The number of nitrogens with zero attached hydrogens (tertiary/aromatic N) is 2. The van der Waals surface area contributed by atoms with Gasteiger partial charge in [0.1, 0.15) is 18.1 Å². The van der Waals surface area contributed by atoms with Gasteiger partial charge in [-0.3, -0.25) is 4.99 Å². The molecule has 128 valence electrons. The molecule has 1 heterocycles. The van der Waals surface area contributed by atoms with Crippen LogP contribution in [-0.2, 0) is 6.42 Å². The van der Waals surface area contributed by atoms with E-state index in [2.05, 4.69) is 21.8 Å². The smallest absolute Gasteiger partial charge is 0.194 e. The highest BCUT2D eigenvalue weighted by atomic mass is 16.5. The van der Waals surface area contributed by atoms with Crippen LogP contribution >= 0.6 is 0 Å². The summed E-state index contributed by atoms with van der Waals surface area (Å²) in [6, 6.07) is 13.7. The van der Waals surface area contributed by atoms with Crippen LogP contribution in [0.2, 0.25) is 0 Å². The SMILES string of the molecule is C=CCNC(=NCCc1ccco1)N(C)CCOc1ccccc1. The van der Waals surface area contributed by atoms with Gasteiger partial charge in [-0.1, -0.05) is 24.3 Å². The van der Waals surface area contributed by atoms with Gasteiger partial charge in [-0.05, 0) is 24.3 Å². The molecule has 0 atom stereocenters. The van der Waals surface area contributed by atoms with Crippen LogP contribution in [0.25, 0.3) is 0 Å². The van der Waals surface area contributed by atoms with E-state index in [9.17, 15) is 0 Å². The van der Waals surface area contributed by atoms with E-state index in [1.165, 1.54) is 0 Å². The topological polar surface area (TPSA) is 50.0 Å². The lowest BCUT2D eigenvalue weighted by atomic mass is 10.3. The van der Waals surface area contributed by atoms with E-state index in [0.717, 1.165) is 30.4 Å². The zero-order valence-electron chi connectivity index (χ0n) is 14.1. The van der Waals surface area contributed by atoms with E-state index in [4.69, 9.17) is 9.15 Å². The number of aliphatic imine (C=N–C) groups is 1. The molecule has 0 saturated carbocycles. The van der Waals surface area contributed by atoms with Gasteiger partial charge in [0.05, 0.1) is 12.8 Å². The normalized spacial score (nSPS) is 11.1. The molecule has 0 aliphatic rings. The Morgan fingerprint density at radius 3 is 2.83 bits per heavy atom. The lowest BCUT2D eigenvalue weighted by molar-refractivity contribution is 0.281. The monoisotopic (exact) mass is 327 g/mol. The zero-order chi connectivity index (χ0) is 17.0. The molecule has 0 aliphatic heterocycles. The van der Waals surface area contributed by atoms with Gasteiger partial charge in [0.25, 0.3) is 0 Å². The van der Waals surface area contributed by atoms with Crippen LogP contribution in [-0.4, -0.2) is 44.1 Å². The van der Waals surface area contributed by atoms with Crippen molar-refractivity contribution in [2.45, 2.75) is 6.42 Å². The quantitative estimate of drug-likeness (QED) is 0.437. The van der Waals surface area contributed by atoms with Crippen LogP contribution in [0, 0.1) is 0 Å². The van der Waals surface area contributed by atoms with Gasteiger partial charge < -0.3 is 19.4 Å². The Bertz CT molecular complexity index is 609. The van der Waals surface area contributed by atoms with Crippen LogP contribution in [0.4, 0.5) is 0 Å². The van der Waals surface area contributed by atoms with Crippen LogP contribution in [0.15, 0.2) is 70.8 Å². The summed E-state index contributed by atoms with van der Waals surface area (Å²) in [6.07, 6.45) is 4.28. The fourth-order valence-corrected chi connectivity index (χ4v) is 2.12. The van der Waals surface area contributed by atoms with Crippen molar-refractivity contribution in [1.82, 2.24) is 10.2 Å². The Kier molecular flexibility index (Phi) is 7.47. The molecule has 0 aliphatic carbocycles. The third kappa shape index (κ3) is 6.20. The molecule has 0 unspecified atom stereocenters. The number of guanidine groups is 1. The molecule has 2 rings (SSSR count). The number of nitrogens with one attached hydrogen (secondary N) is 1. The number of furan rings is 1. The first kappa shape index (κ1) is 17.7. The maximum atomic E-state index is 5.74. The molecule has 5 heteroatoms. The third-order valence-electron chi connectivity index (χ3n) is 3.40. The molecule has 5 nitrogen and oxygen atoms in total. The first-order valence-corrected chi connectivity index (χ1v) is 8.10. The fraction of sp³-hybridized carbons (Fsp3) is 0.316. The molecule has 2 aromatic rings. The van der Waals surface area contributed by atoms with E-state index >= 15 is 0 Å². The Morgan fingerprint density at radius 2 is 2.12 bits per heavy atom. The van der Waals surface area contributed by atoms with Gasteiger partial charge >= 0.3 is 0 Å². The van der Waals surface area contributed by atoms with Gasteiger partial charge in [0.2, 0.25) is 0 Å². The van der Waals surface area contributed by atoms with Crippen LogP contribution in [0.1, 0.15) is 5.76 Å². The number of benzene rings is 1. The van der Waals surface area contributed by atoms with E-state index in [0.29, 0.717) is 19.7 Å². The molecule has 0 spiro atoms. The summed E-state index contributed by atoms with van der Waals surface area (Å²) in [5, 5.41) is 3.27.